The number of nitrogens with one attached hydrogen (secondary N) is 1. The Balaban J connectivity index is 1.60. The first-order chi connectivity index (χ1) is 10.6. The molecule has 6 heteroatoms. The number of carbonyl (C=O) groups is 1. The number of amides is 1. The molecule has 0 spiro atoms. The number of thiazole rings is 1. The van der Waals surface area contributed by atoms with Gasteiger partial charge in [-0.1, -0.05) is 23.7 Å². The molecule has 22 heavy (non-hydrogen) atoms. The second kappa shape index (κ2) is 6.42. The molecule has 0 fully saturated rings. The highest BCUT2D eigenvalue weighted by molar-refractivity contribution is 7.18. The van der Waals surface area contributed by atoms with Crippen LogP contribution in [0.25, 0.3) is 10.2 Å². The van der Waals surface area contributed by atoms with Crippen molar-refractivity contribution in [3.8, 4) is 0 Å². The average molecular weight is 335 g/mol. The number of aryl methyl sites for hydroxylation is 1. The molecule has 3 nitrogen and oxygen atoms in total. The summed E-state index contributed by atoms with van der Waals surface area (Å²) in [6.45, 7) is 0. The summed E-state index contributed by atoms with van der Waals surface area (Å²) in [5.74, 6) is -0.656. The molecule has 0 unspecified atom stereocenters. The Morgan fingerprint density at radius 1 is 1.27 bits per heavy atom. The first-order valence-corrected chi connectivity index (χ1v) is 7.90. The Morgan fingerprint density at radius 2 is 2.09 bits per heavy atom. The Labute approximate surface area is 135 Å². The van der Waals surface area contributed by atoms with E-state index in [2.05, 4.69) is 10.3 Å². The van der Waals surface area contributed by atoms with Gasteiger partial charge in [0.2, 0.25) is 5.91 Å². The summed E-state index contributed by atoms with van der Waals surface area (Å²) in [6.07, 6.45) is 0.884. The third-order valence-electron chi connectivity index (χ3n) is 3.11. The monoisotopic (exact) mass is 334 g/mol. The van der Waals surface area contributed by atoms with E-state index in [1.54, 1.807) is 11.3 Å². The van der Waals surface area contributed by atoms with Crippen molar-refractivity contribution in [2.45, 2.75) is 12.8 Å². The van der Waals surface area contributed by atoms with Crippen LogP contribution in [0.1, 0.15) is 11.4 Å². The molecular formula is C16H12ClFN2OS. The molecule has 1 amide bonds. The zero-order valence-corrected chi connectivity index (χ0v) is 13.0. The van der Waals surface area contributed by atoms with Gasteiger partial charge in [-0.25, -0.2) is 9.37 Å². The lowest BCUT2D eigenvalue weighted by Crippen LogP contribution is -2.12. The van der Waals surface area contributed by atoms with Gasteiger partial charge in [-0.15, -0.1) is 11.3 Å². The van der Waals surface area contributed by atoms with E-state index in [1.807, 2.05) is 24.3 Å². The summed E-state index contributed by atoms with van der Waals surface area (Å²) < 4.78 is 14.2. The summed E-state index contributed by atoms with van der Waals surface area (Å²) in [5.41, 5.74) is 1.44. The minimum Gasteiger partial charge on any atom is -0.326 e. The van der Waals surface area contributed by atoms with E-state index in [9.17, 15) is 9.18 Å². The van der Waals surface area contributed by atoms with Gasteiger partial charge in [0, 0.05) is 18.5 Å². The van der Waals surface area contributed by atoms with Gasteiger partial charge in [-0.05, 0) is 30.3 Å². The maximum absolute atomic E-state index is 13.1. The maximum Gasteiger partial charge on any atom is 0.224 e. The van der Waals surface area contributed by atoms with Crippen LogP contribution in [0.2, 0.25) is 5.02 Å². The molecule has 112 valence electrons. The van der Waals surface area contributed by atoms with E-state index in [-0.39, 0.29) is 10.9 Å². The third kappa shape index (κ3) is 3.43. The van der Waals surface area contributed by atoms with Crippen LogP contribution >= 0.6 is 22.9 Å². The summed E-state index contributed by atoms with van der Waals surface area (Å²) >= 11 is 7.27. The van der Waals surface area contributed by atoms with E-state index in [1.165, 1.54) is 18.2 Å². The van der Waals surface area contributed by atoms with Gasteiger partial charge in [0.05, 0.1) is 20.2 Å². The average Bonchev–Trinajstić information content (AvgIpc) is 2.92. The second-order valence-corrected chi connectivity index (χ2v) is 6.27. The van der Waals surface area contributed by atoms with Gasteiger partial charge in [-0.2, -0.15) is 0 Å². The van der Waals surface area contributed by atoms with Crippen molar-refractivity contribution in [2.24, 2.45) is 0 Å². The lowest BCUT2D eigenvalue weighted by Gasteiger charge is -2.05. The van der Waals surface area contributed by atoms with Crippen molar-refractivity contribution in [3.63, 3.8) is 0 Å². The summed E-state index contributed by atoms with van der Waals surface area (Å²) in [7, 11) is 0. The normalized spacial score (nSPS) is 10.8. The molecule has 1 aromatic heterocycles. The molecule has 0 aliphatic rings. The van der Waals surface area contributed by atoms with E-state index >= 15 is 0 Å². The molecule has 3 rings (SSSR count). The molecule has 2 aromatic carbocycles. The first kappa shape index (κ1) is 14.9. The molecule has 0 aliphatic heterocycles. The van der Waals surface area contributed by atoms with E-state index in [0.717, 1.165) is 15.2 Å². The van der Waals surface area contributed by atoms with Crippen molar-refractivity contribution >= 4 is 44.7 Å². The number of aromatic nitrogens is 1. The molecule has 0 bridgehead atoms. The minimum absolute atomic E-state index is 0.0102. The molecule has 3 aromatic rings. The lowest BCUT2D eigenvalue weighted by molar-refractivity contribution is -0.116. The fourth-order valence-electron chi connectivity index (χ4n) is 2.04. The van der Waals surface area contributed by atoms with Crippen LogP contribution in [0.15, 0.2) is 42.5 Å². The van der Waals surface area contributed by atoms with Crippen molar-refractivity contribution in [3.05, 3.63) is 58.3 Å². The molecule has 0 saturated heterocycles. The topological polar surface area (TPSA) is 42.0 Å². The number of para-hydroxylation sites is 1. The molecule has 1 N–H and O–H groups in total. The number of anilines is 1. The molecular weight excluding hydrogens is 323 g/mol. The predicted molar refractivity (Wildman–Crippen MR) is 88.0 cm³/mol. The zero-order chi connectivity index (χ0) is 15.5. The van der Waals surface area contributed by atoms with Crippen LogP contribution in [0, 0.1) is 5.82 Å². The highest BCUT2D eigenvalue weighted by Gasteiger charge is 2.08. The van der Waals surface area contributed by atoms with Gasteiger partial charge < -0.3 is 5.32 Å². The SMILES string of the molecule is O=C(CCc1nc2ccccc2s1)Nc1ccc(F)c(Cl)c1. The quantitative estimate of drug-likeness (QED) is 0.754. The Kier molecular flexibility index (Phi) is 4.36. The number of nitrogens with zero attached hydrogens (tertiary/aromatic N) is 1. The van der Waals surface area contributed by atoms with E-state index < -0.39 is 5.82 Å². The van der Waals surface area contributed by atoms with E-state index in [0.29, 0.717) is 18.5 Å². The molecule has 1 heterocycles. The second-order valence-electron chi connectivity index (χ2n) is 4.75. The maximum atomic E-state index is 13.1. The van der Waals surface area contributed by atoms with Crippen LogP contribution in [-0.4, -0.2) is 10.9 Å². The van der Waals surface area contributed by atoms with Crippen molar-refractivity contribution in [1.29, 1.82) is 0 Å². The largest absolute Gasteiger partial charge is 0.326 e. The number of hydrogen-bond acceptors (Lipinski definition) is 3. The van der Waals surface area contributed by atoms with Gasteiger partial charge in [0.25, 0.3) is 0 Å². The fraction of sp³-hybridized carbons (Fsp3) is 0.125. The van der Waals surface area contributed by atoms with Crippen molar-refractivity contribution in [2.75, 3.05) is 5.32 Å². The fourth-order valence-corrected chi connectivity index (χ4v) is 3.19. The first-order valence-electron chi connectivity index (χ1n) is 6.71. The number of hydrogen-bond donors (Lipinski definition) is 1. The summed E-state index contributed by atoms with van der Waals surface area (Å²) in [4.78, 5) is 16.4. The lowest BCUT2D eigenvalue weighted by atomic mass is 10.2. The minimum atomic E-state index is -0.505. The van der Waals surface area contributed by atoms with Crippen LogP contribution < -0.4 is 5.32 Å². The predicted octanol–water partition coefficient (Wildman–Crippen LogP) is 4.66. The smallest absolute Gasteiger partial charge is 0.224 e. The van der Waals surface area contributed by atoms with Crippen LogP contribution in [0.4, 0.5) is 10.1 Å². The van der Waals surface area contributed by atoms with Crippen molar-refractivity contribution in [1.82, 2.24) is 4.98 Å². The van der Waals surface area contributed by atoms with Crippen LogP contribution in [0.3, 0.4) is 0 Å². The Bertz CT molecular complexity index is 801. The molecule has 0 atom stereocenters. The number of halogens is 2. The number of rotatable bonds is 4. The Hall–Kier alpha value is -1.98. The highest BCUT2D eigenvalue weighted by atomic mass is 35.5. The van der Waals surface area contributed by atoms with Gasteiger partial charge in [0.15, 0.2) is 0 Å². The standard InChI is InChI=1S/C16H12ClFN2OS/c17-11-9-10(5-6-12(11)18)19-15(21)7-8-16-20-13-3-1-2-4-14(13)22-16/h1-6,9H,7-8H2,(H,19,21). The summed E-state index contributed by atoms with van der Waals surface area (Å²) in [5, 5.41) is 3.62. The van der Waals surface area contributed by atoms with E-state index in [4.69, 9.17) is 11.6 Å². The Morgan fingerprint density at radius 3 is 2.86 bits per heavy atom. The van der Waals surface area contributed by atoms with Crippen molar-refractivity contribution < 1.29 is 9.18 Å². The molecule has 0 saturated carbocycles. The third-order valence-corrected chi connectivity index (χ3v) is 4.49. The zero-order valence-electron chi connectivity index (χ0n) is 11.5. The number of fused-ring (bicyclic) bond motifs is 1. The number of carbonyl (C=O) groups excluding carboxylic acids is 1. The molecule has 0 radical (unpaired) electrons. The van der Waals surface area contributed by atoms with Crippen LogP contribution in [-0.2, 0) is 11.2 Å². The molecule has 0 aliphatic carbocycles. The highest BCUT2D eigenvalue weighted by Crippen LogP contribution is 2.23. The van der Waals surface area contributed by atoms with Gasteiger partial charge in [0.1, 0.15) is 5.82 Å². The van der Waals surface area contributed by atoms with Crippen LogP contribution in [0.5, 0.6) is 0 Å². The number of benzene rings is 2. The van der Waals surface area contributed by atoms with Gasteiger partial charge in [-0.3, -0.25) is 4.79 Å². The van der Waals surface area contributed by atoms with Gasteiger partial charge >= 0.3 is 0 Å². The summed E-state index contributed by atoms with van der Waals surface area (Å²) in [6, 6.07) is 12.0.